The average molecular weight is 288 g/mol. The zero-order valence-electron chi connectivity index (χ0n) is 9.76. The molecule has 0 saturated heterocycles. The number of hydrogen-bond donors (Lipinski definition) is 1. The minimum atomic E-state index is -0.983. The van der Waals surface area contributed by atoms with Crippen molar-refractivity contribution in [2.75, 3.05) is 6.54 Å². The zero-order valence-corrected chi connectivity index (χ0v) is 11.3. The maximum Gasteiger partial charge on any atom is 0.323 e. The van der Waals surface area contributed by atoms with Gasteiger partial charge >= 0.3 is 5.97 Å². The first-order valence-electron chi connectivity index (χ1n) is 5.85. The molecule has 0 aliphatic heterocycles. The van der Waals surface area contributed by atoms with E-state index in [4.69, 9.17) is 16.7 Å². The van der Waals surface area contributed by atoms with Crippen molar-refractivity contribution in [1.29, 1.82) is 0 Å². The smallest absolute Gasteiger partial charge is 0.323 e. The third kappa shape index (κ3) is 2.84. The van der Waals surface area contributed by atoms with Gasteiger partial charge in [-0.2, -0.15) is 0 Å². The van der Waals surface area contributed by atoms with Crippen molar-refractivity contribution in [2.45, 2.75) is 31.7 Å². The maximum atomic E-state index is 12.3. The summed E-state index contributed by atoms with van der Waals surface area (Å²) >= 11 is 7.19. The van der Waals surface area contributed by atoms with Crippen LogP contribution in [0.5, 0.6) is 0 Å². The van der Waals surface area contributed by atoms with Crippen LogP contribution in [0.3, 0.4) is 0 Å². The maximum absolute atomic E-state index is 12.3. The van der Waals surface area contributed by atoms with Gasteiger partial charge in [0.05, 0.1) is 5.02 Å². The molecule has 2 rings (SSSR count). The molecule has 0 radical (unpaired) electrons. The van der Waals surface area contributed by atoms with Crippen molar-refractivity contribution in [3.8, 4) is 0 Å². The van der Waals surface area contributed by atoms with Crippen molar-refractivity contribution >= 4 is 34.8 Å². The van der Waals surface area contributed by atoms with Gasteiger partial charge in [0.25, 0.3) is 5.91 Å². The molecule has 18 heavy (non-hydrogen) atoms. The molecule has 0 bridgehead atoms. The first kappa shape index (κ1) is 13.4. The normalized spacial score (nSPS) is 15.8. The summed E-state index contributed by atoms with van der Waals surface area (Å²) in [5.41, 5.74) is 0. The Hall–Kier alpha value is -1.07. The van der Waals surface area contributed by atoms with Gasteiger partial charge in [-0.15, -0.1) is 11.3 Å². The molecule has 0 spiro atoms. The molecule has 1 aromatic heterocycles. The molecule has 6 heteroatoms. The molecular formula is C12H14ClNO3S. The van der Waals surface area contributed by atoms with Crippen molar-refractivity contribution in [3.63, 3.8) is 0 Å². The van der Waals surface area contributed by atoms with Crippen molar-refractivity contribution in [3.05, 3.63) is 21.3 Å². The zero-order chi connectivity index (χ0) is 13.1. The third-order valence-electron chi connectivity index (χ3n) is 3.14. The third-order valence-corrected chi connectivity index (χ3v) is 4.47. The summed E-state index contributed by atoms with van der Waals surface area (Å²) in [5.74, 6) is -1.24. The molecule has 4 nitrogen and oxygen atoms in total. The lowest BCUT2D eigenvalue weighted by atomic mass is 10.2. The molecule has 1 aliphatic carbocycles. The molecule has 1 aromatic rings. The van der Waals surface area contributed by atoms with Crippen molar-refractivity contribution in [1.82, 2.24) is 4.90 Å². The number of nitrogens with zero attached hydrogens (tertiary/aromatic N) is 1. The molecule has 0 unspecified atom stereocenters. The van der Waals surface area contributed by atoms with E-state index >= 15 is 0 Å². The number of halogens is 1. The first-order valence-corrected chi connectivity index (χ1v) is 7.11. The lowest BCUT2D eigenvalue weighted by molar-refractivity contribution is -0.138. The van der Waals surface area contributed by atoms with E-state index in [1.165, 1.54) is 16.2 Å². The number of thiophene rings is 1. The van der Waals surface area contributed by atoms with Gasteiger partial charge in [0.2, 0.25) is 0 Å². The second kappa shape index (κ2) is 5.71. The number of carbonyl (C=O) groups is 2. The molecular weight excluding hydrogens is 274 g/mol. The van der Waals surface area contributed by atoms with Crippen LogP contribution in [-0.4, -0.2) is 34.5 Å². The Labute approximate surface area is 114 Å². The predicted octanol–water partition coefficient (Wildman–Crippen LogP) is 2.87. The summed E-state index contributed by atoms with van der Waals surface area (Å²) in [5, 5.41) is 11.1. The highest BCUT2D eigenvalue weighted by Crippen LogP contribution is 2.28. The predicted molar refractivity (Wildman–Crippen MR) is 70.3 cm³/mol. The van der Waals surface area contributed by atoms with E-state index in [0.717, 1.165) is 25.7 Å². The molecule has 1 aliphatic rings. The second-order valence-corrected chi connectivity index (χ2v) is 5.69. The Morgan fingerprint density at radius 3 is 2.61 bits per heavy atom. The largest absolute Gasteiger partial charge is 0.480 e. The van der Waals surface area contributed by atoms with Crippen LogP contribution in [0.15, 0.2) is 11.4 Å². The Balaban J connectivity index is 2.20. The van der Waals surface area contributed by atoms with Gasteiger partial charge in [-0.05, 0) is 24.3 Å². The highest BCUT2D eigenvalue weighted by atomic mass is 35.5. The topological polar surface area (TPSA) is 57.6 Å². The molecule has 1 fully saturated rings. The lowest BCUT2D eigenvalue weighted by Gasteiger charge is -2.27. The summed E-state index contributed by atoms with van der Waals surface area (Å²) in [4.78, 5) is 25.1. The average Bonchev–Trinajstić information content (AvgIpc) is 2.95. The summed E-state index contributed by atoms with van der Waals surface area (Å²) in [6.07, 6.45) is 3.85. The van der Waals surface area contributed by atoms with E-state index in [1.807, 2.05) is 0 Å². The molecule has 0 aromatic carbocycles. The van der Waals surface area contributed by atoms with Gasteiger partial charge in [0.1, 0.15) is 11.4 Å². The second-order valence-electron chi connectivity index (χ2n) is 4.36. The summed E-state index contributed by atoms with van der Waals surface area (Å²) in [7, 11) is 0. The van der Waals surface area contributed by atoms with Crippen LogP contribution in [0.1, 0.15) is 35.4 Å². The fourth-order valence-corrected chi connectivity index (χ4v) is 3.40. The standard InChI is InChI=1S/C12H14ClNO3S/c13-9-5-6-18-11(9)12(17)14(7-10(15)16)8-3-1-2-4-8/h5-6,8H,1-4,7H2,(H,15,16). The molecule has 1 N–H and O–H groups in total. The molecule has 98 valence electrons. The summed E-state index contributed by atoms with van der Waals surface area (Å²) in [6, 6.07) is 1.69. The van der Waals surface area contributed by atoms with Crippen molar-refractivity contribution < 1.29 is 14.7 Å². The van der Waals surface area contributed by atoms with E-state index < -0.39 is 5.97 Å². The Morgan fingerprint density at radius 1 is 1.44 bits per heavy atom. The SMILES string of the molecule is O=C(O)CN(C(=O)c1sccc1Cl)C1CCCC1. The van der Waals surface area contributed by atoms with Crippen LogP contribution < -0.4 is 0 Å². The fraction of sp³-hybridized carbons (Fsp3) is 0.500. The van der Waals surface area contributed by atoms with Gasteiger partial charge in [-0.1, -0.05) is 24.4 Å². The van der Waals surface area contributed by atoms with Gasteiger partial charge in [-0.25, -0.2) is 0 Å². The van der Waals surface area contributed by atoms with E-state index in [9.17, 15) is 9.59 Å². The monoisotopic (exact) mass is 287 g/mol. The van der Waals surface area contributed by atoms with Gasteiger partial charge < -0.3 is 10.0 Å². The van der Waals surface area contributed by atoms with Crippen LogP contribution in [-0.2, 0) is 4.79 Å². The van der Waals surface area contributed by atoms with E-state index in [1.54, 1.807) is 11.4 Å². The fourth-order valence-electron chi connectivity index (χ4n) is 2.31. The minimum absolute atomic E-state index is 0.0340. The molecule has 1 heterocycles. The van der Waals surface area contributed by atoms with Gasteiger partial charge in [0.15, 0.2) is 0 Å². The number of aliphatic carboxylic acids is 1. The quantitative estimate of drug-likeness (QED) is 0.926. The number of hydrogen-bond acceptors (Lipinski definition) is 3. The summed E-state index contributed by atoms with van der Waals surface area (Å²) < 4.78 is 0. The minimum Gasteiger partial charge on any atom is -0.480 e. The highest BCUT2D eigenvalue weighted by Gasteiger charge is 2.30. The molecule has 1 saturated carbocycles. The molecule has 0 atom stereocenters. The van der Waals surface area contributed by atoms with E-state index in [0.29, 0.717) is 9.90 Å². The molecule has 1 amide bonds. The number of carboxylic acid groups (broad SMARTS) is 1. The highest BCUT2D eigenvalue weighted by molar-refractivity contribution is 7.12. The number of carboxylic acids is 1. The van der Waals surface area contributed by atoms with Crippen LogP contribution in [0, 0.1) is 0 Å². The lowest BCUT2D eigenvalue weighted by Crippen LogP contribution is -2.42. The van der Waals surface area contributed by atoms with Crippen LogP contribution in [0.2, 0.25) is 5.02 Å². The van der Waals surface area contributed by atoms with Crippen LogP contribution in [0.4, 0.5) is 0 Å². The van der Waals surface area contributed by atoms with Gasteiger partial charge in [-0.3, -0.25) is 9.59 Å². The Bertz CT molecular complexity index is 454. The van der Waals surface area contributed by atoms with Gasteiger partial charge in [0, 0.05) is 6.04 Å². The number of rotatable bonds is 4. The van der Waals surface area contributed by atoms with Crippen molar-refractivity contribution in [2.24, 2.45) is 0 Å². The first-order chi connectivity index (χ1) is 8.59. The van der Waals surface area contributed by atoms with Crippen LogP contribution >= 0.6 is 22.9 Å². The Morgan fingerprint density at radius 2 is 2.11 bits per heavy atom. The number of carbonyl (C=O) groups excluding carboxylic acids is 1. The Kier molecular flexibility index (Phi) is 4.24. The summed E-state index contributed by atoms with van der Waals surface area (Å²) in [6.45, 7) is -0.252. The van der Waals surface area contributed by atoms with E-state index in [-0.39, 0.29) is 18.5 Å². The van der Waals surface area contributed by atoms with E-state index in [2.05, 4.69) is 0 Å². The number of amides is 1. The van der Waals surface area contributed by atoms with Crippen LogP contribution in [0.25, 0.3) is 0 Å².